The monoisotopic (exact) mass is 485 g/mol. The molecule has 0 radical (unpaired) electrons. The third-order valence-electron chi connectivity index (χ3n) is 5.47. The van der Waals surface area contributed by atoms with Crippen LogP contribution in [0.4, 0.5) is 17.2 Å². The molecule has 3 aromatic rings. The number of amides is 1. The fourth-order valence-corrected chi connectivity index (χ4v) is 4.05. The van der Waals surface area contributed by atoms with Gasteiger partial charge >= 0.3 is 0 Å². The van der Waals surface area contributed by atoms with Gasteiger partial charge < -0.3 is 15.1 Å². The third kappa shape index (κ3) is 5.35. The minimum absolute atomic E-state index is 0.0940. The molecule has 1 aromatic heterocycles. The zero-order valence-corrected chi connectivity index (χ0v) is 19.1. The molecule has 1 fully saturated rings. The van der Waals surface area contributed by atoms with Crippen molar-refractivity contribution in [3.05, 3.63) is 92.1 Å². The zero-order valence-electron chi connectivity index (χ0n) is 17.6. The molecule has 0 atom stereocenters. The number of rotatable bonds is 6. The Kier molecular flexibility index (Phi) is 6.96. The van der Waals surface area contributed by atoms with Crippen molar-refractivity contribution in [2.24, 2.45) is 0 Å². The first kappa shape index (κ1) is 22.8. The van der Waals surface area contributed by atoms with E-state index in [0.29, 0.717) is 41.9 Å². The van der Waals surface area contributed by atoms with E-state index in [1.807, 2.05) is 23.1 Å². The minimum atomic E-state index is -0.448. The predicted octanol–water partition coefficient (Wildman–Crippen LogP) is 4.55. The van der Waals surface area contributed by atoms with Crippen LogP contribution in [-0.2, 0) is 6.54 Å². The van der Waals surface area contributed by atoms with Crippen molar-refractivity contribution in [2.75, 3.05) is 36.0 Å². The number of hydrogen-bond acceptors (Lipinski definition) is 6. The summed E-state index contributed by atoms with van der Waals surface area (Å²) in [6.45, 7) is 2.83. The van der Waals surface area contributed by atoms with Crippen LogP contribution in [-0.4, -0.2) is 42.0 Å². The van der Waals surface area contributed by atoms with E-state index in [2.05, 4.69) is 15.2 Å². The average molecular weight is 486 g/mol. The van der Waals surface area contributed by atoms with Gasteiger partial charge in [-0.2, -0.15) is 0 Å². The summed E-state index contributed by atoms with van der Waals surface area (Å²) >= 11 is 11.9. The second kappa shape index (κ2) is 10.1. The van der Waals surface area contributed by atoms with Crippen LogP contribution >= 0.6 is 23.2 Å². The van der Waals surface area contributed by atoms with E-state index in [-0.39, 0.29) is 17.8 Å². The Labute approximate surface area is 200 Å². The van der Waals surface area contributed by atoms with Crippen molar-refractivity contribution < 1.29 is 9.72 Å². The smallest absolute Gasteiger partial charge is 0.293 e. The van der Waals surface area contributed by atoms with E-state index in [9.17, 15) is 14.9 Å². The fraction of sp³-hybridized carbons (Fsp3) is 0.217. The summed E-state index contributed by atoms with van der Waals surface area (Å²) in [6, 6.07) is 15.4. The molecule has 1 amide bonds. The Morgan fingerprint density at radius 2 is 1.76 bits per heavy atom. The first-order chi connectivity index (χ1) is 15.9. The molecule has 8 nitrogen and oxygen atoms in total. The standard InChI is InChI=1S/C23H21Cl2N5O3/c24-18-6-4-16(13-19(18)25)15-27-23(31)17-5-7-20(21(14-17)30(32)33)28-9-11-29(12-10-28)22-3-1-2-8-26-22/h1-8,13-14H,9-12,15H2,(H,27,31). The molecule has 1 aliphatic heterocycles. The van der Waals surface area contributed by atoms with Gasteiger partial charge in [-0.3, -0.25) is 14.9 Å². The molecule has 0 bridgehead atoms. The summed E-state index contributed by atoms with van der Waals surface area (Å²) in [5.41, 5.74) is 1.40. The van der Waals surface area contributed by atoms with Gasteiger partial charge in [0.25, 0.3) is 11.6 Å². The molecular formula is C23H21Cl2N5O3. The molecule has 0 aliphatic carbocycles. The number of halogens is 2. The minimum Gasteiger partial charge on any atom is -0.362 e. The maximum atomic E-state index is 12.6. The molecule has 0 saturated carbocycles. The van der Waals surface area contributed by atoms with Crippen LogP contribution < -0.4 is 15.1 Å². The maximum Gasteiger partial charge on any atom is 0.293 e. The second-order valence-corrected chi connectivity index (χ2v) is 8.37. The Morgan fingerprint density at radius 3 is 2.42 bits per heavy atom. The highest BCUT2D eigenvalue weighted by Gasteiger charge is 2.25. The lowest BCUT2D eigenvalue weighted by molar-refractivity contribution is -0.384. The molecule has 4 rings (SSSR count). The maximum absolute atomic E-state index is 12.6. The van der Waals surface area contributed by atoms with Crippen LogP contribution in [0.3, 0.4) is 0 Å². The van der Waals surface area contributed by atoms with Gasteiger partial charge in [-0.1, -0.05) is 35.3 Å². The quantitative estimate of drug-likeness (QED) is 0.406. The number of piperazine rings is 1. The second-order valence-electron chi connectivity index (χ2n) is 7.55. The number of benzene rings is 2. The first-order valence-corrected chi connectivity index (χ1v) is 11.1. The lowest BCUT2D eigenvalue weighted by Gasteiger charge is -2.36. The lowest BCUT2D eigenvalue weighted by atomic mass is 10.1. The number of anilines is 2. The number of nitro groups is 1. The van der Waals surface area contributed by atoms with E-state index in [1.54, 1.807) is 36.5 Å². The number of carbonyl (C=O) groups excluding carboxylic acids is 1. The molecule has 0 spiro atoms. The highest BCUT2D eigenvalue weighted by Crippen LogP contribution is 2.31. The molecule has 33 heavy (non-hydrogen) atoms. The number of nitrogens with zero attached hydrogens (tertiary/aromatic N) is 4. The van der Waals surface area contributed by atoms with Crippen LogP contribution in [0.5, 0.6) is 0 Å². The number of pyridine rings is 1. The van der Waals surface area contributed by atoms with E-state index >= 15 is 0 Å². The molecule has 2 heterocycles. The molecule has 1 N–H and O–H groups in total. The van der Waals surface area contributed by atoms with Gasteiger partial charge in [-0.15, -0.1) is 0 Å². The number of hydrogen-bond donors (Lipinski definition) is 1. The van der Waals surface area contributed by atoms with Gasteiger partial charge in [0.1, 0.15) is 11.5 Å². The lowest BCUT2D eigenvalue weighted by Crippen LogP contribution is -2.47. The topological polar surface area (TPSA) is 91.6 Å². The molecule has 2 aromatic carbocycles. The van der Waals surface area contributed by atoms with Crippen LogP contribution in [0.2, 0.25) is 10.0 Å². The number of carbonyl (C=O) groups is 1. The summed E-state index contributed by atoms with van der Waals surface area (Å²) in [6.07, 6.45) is 1.75. The van der Waals surface area contributed by atoms with Crippen LogP contribution in [0, 0.1) is 10.1 Å². The summed E-state index contributed by atoms with van der Waals surface area (Å²) in [7, 11) is 0. The van der Waals surface area contributed by atoms with Crippen molar-refractivity contribution >= 4 is 46.3 Å². The third-order valence-corrected chi connectivity index (χ3v) is 6.20. The van der Waals surface area contributed by atoms with Crippen molar-refractivity contribution in [1.82, 2.24) is 10.3 Å². The van der Waals surface area contributed by atoms with Gasteiger partial charge in [-0.05, 0) is 42.0 Å². The Hall–Kier alpha value is -3.36. The SMILES string of the molecule is O=C(NCc1ccc(Cl)c(Cl)c1)c1ccc(N2CCN(c3ccccn3)CC2)c([N+](=O)[O-])c1. The highest BCUT2D eigenvalue weighted by atomic mass is 35.5. The molecule has 170 valence electrons. The van der Waals surface area contributed by atoms with Crippen molar-refractivity contribution in [3.63, 3.8) is 0 Å². The molecule has 1 saturated heterocycles. The van der Waals surface area contributed by atoms with Crippen LogP contribution in [0.1, 0.15) is 15.9 Å². The Bertz CT molecular complexity index is 1170. The Balaban J connectivity index is 1.44. The van der Waals surface area contributed by atoms with E-state index < -0.39 is 10.8 Å². The van der Waals surface area contributed by atoms with E-state index in [1.165, 1.54) is 6.07 Å². The fourth-order valence-electron chi connectivity index (χ4n) is 3.73. The molecular weight excluding hydrogens is 465 g/mol. The Morgan fingerprint density at radius 1 is 1.00 bits per heavy atom. The zero-order chi connectivity index (χ0) is 23.4. The molecule has 0 unspecified atom stereocenters. The largest absolute Gasteiger partial charge is 0.362 e. The number of aromatic nitrogens is 1. The molecule has 1 aliphatic rings. The summed E-state index contributed by atoms with van der Waals surface area (Å²) in [4.78, 5) is 32.4. The highest BCUT2D eigenvalue weighted by molar-refractivity contribution is 6.42. The van der Waals surface area contributed by atoms with Crippen LogP contribution in [0.25, 0.3) is 0 Å². The summed E-state index contributed by atoms with van der Waals surface area (Å²) < 4.78 is 0. The summed E-state index contributed by atoms with van der Waals surface area (Å²) in [5.74, 6) is 0.483. The van der Waals surface area contributed by atoms with E-state index in [0.717, 1.165) is 11.4 Å². The normalized spacial score (nSPS) is 13.6. The van der Waals surface area contributed by atoms with Gasteiger partial charge in [0.2, 0.25) is 0 Å². The molecule has 10 heteroatoms. The van der Waals surface area contributed by atoms with Crippen molar-refractivity contribution in [2.45, 2.75) is 6.54 Å². The van der Waals surface area contributed by atoms with E-state index in [4.69, 9.17) is 23.2 Å². The predicted molar refractivity (Wildman–Crippen MR) is 129 cm³/mol. The van der Waals surface area contributed by atoms with Crippen LogP contribution in [0.15, 0.2) is 60.8 Å². The average Bonchev–Trinajstić information content (AvgIpc) is 2.85. The van der Waals surface area contributed by atoms with Gasteiger partial charge in [-0.25, -0.2) is 4.98 Å². The van der Waals surface area contributed by atoms with Crippen molar-refractivity contribution in [3.8, 4) is 0 Å². The number of nitro benzene ring substituents is 1. The van der Waals surface area contributed by atoms with Gasteiger partial charge in [0.15, 0.2) is 0 Å². The summed E-state index contributed by atoms with van der Waals surface area (Å²) in [5, 5.41) is 15.4. The van der Waals surface area contributed by atoms with Crippen molar-refractivity contribution in [1.29, 1.82) is 0 Å². The number of nitrogens with one attached hydrogen (secondary N) is 1. The first-order valence-electron chi connectivity index (χ1n) is 10.3. The van der Waals surface area contributed by atoms with Gasteiger partial charge in [0.05, 0.1) is 15.0 Å². The van der Waals surface area contributed by atoms with Gasteiger partial charge in [0, 0.05) is 50.6 Å².